The molecule has 1 aromatic heterocycles. The Labute approximate surface area is 140 Å². The topological polar surface area (TPSA) is 93.5 Å². The highest BCUT2D eigenvalue weighted by Crippen LogP contribution is 2.19. The SMILES string of the molecule is CC1=NCC=C1Cc1ncn(Cc2cccc(O)c2)c1CC(N)=O. The van der Waals surface area contributed by atoms with Crippen LogP contribution in [0.15, 0.2) is 47.2 Å². The molecule has 0 saturated carbocycles. The van der Waals surface area contributed by atoms with E-state index in [1.54, 1.807) is 24.5 Å². The molecule has 2 aromatic rings. The fourth-order valence-corrected chi connectivity index (χ4v) is 2.88. The number of primary amides is 1. The lowest BCUT2D eigenvalue weighted by Crippen LogP contribution is -2.18. The molecule has 24 heavy (non-hydrogen) atoms. The lowest BCUT2D eigenvalue weighted by molar-refractivity contribution is -0.117. The maximum atomic E-state index is 11.5. The minimum Gasteiger partial charge on any atom is -0.508 e. The number of phenolic OH excluding ortho intramolecular Hbond substituents is 1. The summed E-state index contributed by atoms with van der Waals surface area (Å²) in [5.74, 6) is -0.174. The fourth-order valence-electron chi connectivity index (χ4n) is 2.88. The lowest BCUT2D eigenvalue weighted by atomic mass is 10.0. The molecule has 3 rings (SSSR count). The summed E-state index contributed by atoms with van der Waals surface area (Å²) < 4.78 is 1.91. The van der Waals surface area contributed by atoms with E-state index in [0.717, 1.165) is 28.2 Å². The van der Waals surface area contributed by atoms with Crippen molar-refractivity contribution in [3.05, 3.63) is 59.2 Å². The first kappa shape index (κ1) is 16.0. The molecule has 0 atom stereocenters. The van der Waals surface area contributed by atoms with Crippen LogP contribution in [0.3, 0.4) is 0 Å². The highest BCUT2D eigenvalue weighted by atomic mass is 16.3. The van der Waals surface area contributed by atoms with E-state index in [0.29, 0.717) is 19.5 Å². The lowest BCUT2D eigenvalue weighted by Gasteiger charge is -2.10. The second-order valence-electron chi connectivity index (χ2n) is 5.91. The van der Waals surface area contributed by atoms with Gasteiger partial charge in [0.15, 0.2) is 0 Å². The summed E-state index contributed by atoms with van der Waals surface area (Å²) in [6.45, 7) is 3.21. The van der Waals surface area contributed by atoms with E-state index in [4.69, 9.17) is 5.73 Å². The van der Waals surface area contributed by atoms with Crippen molar-refractivity contribution < 1.29 is 9.90 Å². The number of carbonyl (C=O) groups excluding carboxylic acids is 1. The molecule has 0 saturated heterocycles. The van der Waals surface area contributed by atoms with Crippen LogP contribution in [0.2, 0.25) is 0 Å². The molecule has 0 fully saturated rings. The zero-order valence-corrected chi connectivity index (χ0v) is 13.6. The highest BCUT2D eigenvalue weighted by molar-refractivity contribution is 6.00. The maximum absolute atomic E-state index is 11.5. The van der Waals surface area contributed by atoms with Crippen molar-refractivity contribution in [2.45, 2.75) is 26.3 Å². The van der Waals surface area contributed by atoms with Gasteiger partial charge in [0.1, 0.15) is 5.75 Å². The van der Waals surface area contributed by atoms with Crippen LogP contribution in [-0.4, -0.2) is 32.8 Å². The molecule has 0 spiro atoms. The van der Waals surface area contributed by atoms with Crippen LogP contribution in [0, 0.1) is 0 Å². The number of aromatic hydroxyl groups is 1. The molecule has 6 heteroatoms. The number of allylic oxidation sites excluding steroid dienone is 1. The number of aromatic nitrogens is 2. The number of benzene rings is 1. The van der Waals surface area contributed by atoms with E-state index in [2.05, 4.69) is 16.1 Å². The molecular weight excluding hydrogens is 304 g/mol. The van der Waals surface area contributed by atoms with Gasteiger partial charge in [-0.2, -0.15) is 0 Å². The van der Waals surface area contributed by atoms with E-state index in [1.165, 1.54) is 0 Å². The van der Waals surface area contributed by atoms with Crippen LogP contribution >= 0.6 is 0 Å². The summed E-state index contributed by atoms with van der Waals surface area (Å²) >= 11 is 0. The van der Waals surface area contributed by atoms with Crippen LogP contribution in [-0.2, 0) is 24.2 Å². The Bertz CT molecular complexity index is 833. The van der Waals surface area contributed by atoms with Crippen molar-refractivity contribution in [3.8, 4) is 5.75 Å². The molecule has 124 valence electrons. The standard InChI is InChI=1S/C18H20N4O2/c1-12-14(5-6-20-12)8-16-17(9-18(19)24)22(11-21-16)10-13-3-2-4-15(23)7-13/h2-5,7,11,23H,6,8-10H2,1H3,(H2,19,24). The first-order chi connectivity index (χ1) is 11.5. The predicted molar refractivity (Wildman–Crippen MR) is 92.1 cm³/mol. The largest absolute Gasteiger partial charge is 0.508 e. The van der Waals surface area contributed by atoms with Gasteiger partial charge in [0.2, 0.25) is 5.91 Å². The number of rotatable bonds is 6. The van der Waals surface area contributed by atoms with Crippen LogP contribution in [0.5, 0.6) is 5.75 Å². The molecule has 1 amide bonds. The number of nitrogens with two attached hydrogens (primary N) is 1. The van der Waals surface area contributed by atoms with Gasteiger partial charge in [-0.05, 0) is 30.2 Å². The Balaban J connectivity index is 1.89. The van der Waals surface area contributed by atoms with Gasteiger partial charge in [-0.1, -0.05) is 18.2 Å². The second-order valence-corrected chi connectivity index (χ2v) is 5.91. The van der Waals surface area contributed by atoms with Crippen molar-refractivity contribution in [2.24, 2.45) is 10.7 Å². The zero-order chi connectivity index (χ0) is 17.1. The van der Waals surface area contributed by atoms with E-state index in [1.807, 2.05) is 17.6 Å². The molecule has 3 N–H and O–H groups in total. The Morgan fingerprint density at radius 3 is 2.92 bits per heavy atom. The summed E-state index contributed by atoms with van der Waals surface area (Å²) in [5.41, 5.74) is 10.2. The number of carbonyl (C=O) groups is 1. The van der Waals surface area contributed by atoms with Gasteiger partial charge < -0.3 is 15.4 Å². The minimum absolute atomic E-state index is 0.137. The minimum atomic E-state index is -0.389. The summed E-state index contributed by atoms with van der Waals surface area (Å²) in [5, 5.41) is 9.61. The van der Waals surface area contributed by atoms with E-state index in [9.17, 15) is 9.90 Å². The van der Waals surface area contributed by atoms with Crippen LogP contribution < -0.4 is 5.73 Å². The van der Waals surface area contributed by atoms with Crippen LogP contribution in [0.25, 0.3) is 0 Å². The van der Waals surface area contributed by atoms with Gasteiger partial charge in [0.05, 0.1) is 30.7 Å². The van der Waals surface area contributed by atoms with Crippen molar-refractivity contribution in [1.29, 1.82) is 0 Å². The van der Waals surface area contributed by atoms with Gasteiger partial charge in [0, 0.05) is 18.7 Å². The molecule has 1 aliphatic rings. The second kappa shape index (κ2) is 6.70. The van der Waals surface area contributed by atoms with E-state index in [-0.39, 0.29) is 18.1 Å². The zero-order valence-electron chi connectivity index (χ0n) is 13.6. The van der Waals surface area contributed by atoms with Gasteiger partial charge in [-0.3, -0.25) is 9.79 Å². The van der Waals surface area contributed by atoms with Crippen molar-refractivity contribution >= 4 is 11.6 Å². The number of hydrogen-bond donors (Lipinski definition) is 2. The molecule has 0 radical (unpaired) electrons. The van der Waals surface area contributed by atoms with Crippen molar-refractivity contribution in [1.82, 2.24) is 9.55 Å². The van der Waals surface area contributed by atoms with E-state index >= 15 is 0 Å². The van der Waals surface area contributed by atoms with Crippen LogP contribution in [0.4, 0.5) is 0 Å². The molecular formula is C18H20N4O2. The Hall–Kier alpha value is -2.89. The molecule has 1 aliphatic heterocycles. The Morgan fingerprint density at radius 2 is 2.25 bits per heavy atom. The Kier molecular flexibility index (Phi) is 4.46. The Morgan fingerprint density at radius 1 is 1.42 bits per heavy atom. The smallest absolute Gasteiger partial charge is 0.223 e. The summed E-state index contributed by atoms with van der Waals surface area (Å²) in [6.07, 6.45) is 4.58. The summed E-state index contributed by atoms with van der Waals surface area (Å²) in [7, 11) is 0. The summed E-state index contributed by atoms with van der Waals surface area (Å²) in [4.78, 5) is 20.3. The van der Waals surface area contributed by atoms with E-state index < -0.39 is 0 Å². The number of imidazole rings is 1. The number of hydrogen-bond acceptors (Lipinski definition) is 4. The molecule has 1 aromatic carbocycles. The molecule has 2 heterocycles. The third-order valence-corrected chi connectivity index (χ3v) is 4.13. The predicted octanol–water partition coefficient (Wildman–Crippen LogP) is 1.61. The molecule has 0 aliphatic carbocycles. The van der Waals surface area contributed by atoms with Gasteiger partial charge >= 0.3 is 0 Å². The van der Waals surface area contributed by atoms with Crippen molar-refractivity contribution in [2.75, 3.05) is 6.54 Å². The molecule has 0 unspecified atom stereocenters. The first-order valence-corrected chi connectivity index (χ1v) is 7.82. The fraction of sp³-hybridized carbons (Fsp3) is 0.278. The van der Waals surface area contributed by atoms with Gasteiger partial charge in [-0.15, -0.1) is 0 Å². The van der Waals surface area contributed by atoms with Gasteiger partial charge in [0.25, 0.3) is 0 Å². The van der Waals surface area contributed by atoms with Crippen molar-refractivity contribution in [3.63, 3.8) is 0 Å². The third kappa shape index (κ3) is 3.53. The van der Waals surface area contributed by atoms with Crippen LogP contribution in [0.1, 0.15) is 23.9 Å². The highest BCUT2D eigenvalue weighted by Gasteiger charge is 2.17. The number of phenols is 1. The number of nitrogens with zero attached hydrogens (tertiary/aromatic N) is 3. The monoisotopic (exact) mass is 324 g/mol. The number of amides is 1. The quantitative estimate of drug-likeness (QED) is 0.845. The summed E-state index contributed by atoms with van der Waals surface area (Å²) in [6, 6.07) is 7.04. The first-order valence-electron chi connectivity index (χ1n) is 7.82. The molecule has 6 nitrogen and oxygen atoms in total. The average molecular weight is 324 g/mol. The number of aliphatic imine (C=N–C) groups is 1. The molecule has 0 bridgehead atoms. The third-order valence-electron chi connectivity index (χ3n) is 4.13. The average Bonchev–Trinajstić information content (AvgIpc) is 3.08. The maximum Gasteiger partial charge on any atom is 0.223 e. The van der Waals surface area contributed by atoms with Gasteiger partial charge in [-0.25, -0.2) is 4.98 Å². The normalized spacial score (nSPS) is 13.7.